The number of carbonyl (C=O) groups is 1. The van der Waals surface area contributed by atoms with Gasteiger partial charge in [0.1, 0.15) is 0 Å². The van der Waals surface area contributed by atoms with Crippen LogP contribution in [0.4, 0.5) is 11.4 Å². The second-order valence-electron chi connectivity index (χ2n) is 9.67. The van der Waals surface area contributed by atoms with Crippen LogP contribution in [0.25, 0.3) is 0 Å². The van der Waals surface area contributed by atoms with E-state index < -0.39 is 5.41 Å². The molecule has 1 fully saturated rings. The number of nitrogen functional groups attached to an aromatic ring is 1. The molecule has 3 atom stereocenters. The molecular weight excluding hydrogens is 428 g/mol. The van der Waals surface area contributed by atoms with Gasteiger partial charge in [-0.1, -0.05) is 26.8 Å². The molecule has 1 amide bonds. The van der Waals surface area contributed by atoms with Crippen molar-refractivity contribution in [2.75, 3.05) is 17.8 Å². The van der Waals surface area contributed by atoms with E-state index in [9.17, 15) is 4.79 Å². The Morgan fingerprint density at radius 2 is 1.82 bits per heavy atom. The fraction of sp³-hybridized carbons (Fsp3) is 0.370. The van der Waals surface area contributed by atoms with E-state index >= 15 is 0 Å². The Labute approximate surface area is 199 Å². The van der Waals surface area contributed by atoms with Gasteiger partial charge in [-0.05, 0) is 72.6 Å². The molecule has 7 heteroatoms. The van der Waals surface area contributed by atoms with E-state index in [1.54, 1.807) is 12.4 Å². The van der Waals surface area contributed by atoms with E-state index in [4.69, 9.17) is 15.2 Å². The summed E-state index contributed by atoms with van der Waals surface area (Å²) in [5.41, 5.74) is 9.44. The van der Waals surface area contributed by atoms with E-state index in [1.165, 1.54) is 0 Å². The van der Waals surface area contributed by atoms with Crippen LogP contribution >= 0.6 is 0 Å². The van der Waals surface area contributed by atoms with Gasteiger partial charge in [-0.15, -0.1) is 0 Å². The van der Waals surface area contributed by atoms with Gasteiger partial charge in [0.05, 0.1) is 29.2 Å². The van der Waals surface area contributed by atoms with Crippen LogP contribution in [0, 0.1) is 5.92 Å². The molecule has 5 rings (SSSR count). The van der Waals surface area contributed by atoms with Crippen LogP contribution in [0.5, 0.6) is 11.5 Å². The molecule has 0 saturated heterocycles. The fourth-order valence-corrected chi connectivity index (χ4v) is 4.87. The molecule has 1 aliphatic heterocycles. The first-order valence-corrected chi connectivity index (χ1v) is 11.8. The summed E-state index contributed by atoms with van der Waals surface area (Å²) in [6, 6.07) is 13.6. The summed E-state index contributed by atoms with van der Waals surface area (Å²) in [6.45, 7) is 6.55. The van der Waals surface area contributed by atoms with Crippen LogP contribution < -0.4 is 20.5 Å². The van der Waals surface area contributed by atoms with E-state index in [0.717, 1.165) is 29.8 Å². The Morgan fingerprint density at radius 3 is 2.53 bits per heavy atom. The summed E-state index contributed by atoms with van der Waals surface area (Å²) in [5, 5.41) is 3.12. The summed E-state index contributed by atoms with van der Waals surface area (Å²) >= 11 is 0. The highest BCUT2D eigenvalue weighted by atomic mass is 16.7. The number of nitrogens with one attached hydrogen (secondary N) is 1. The molecule has 1 saturated carbocycles. The Hall–Kier alpha value is -3.61. The summed E-state index contributed by atoms with van der Waals surface area (Å²) in [6.07, 6.45) is 5.02. The van der Waals surface area contributed by atoms with Crippen molar-refractivity contribution in [2.45, 2.75) is 50.9 Å². The molecule has 3 heterocycles. The highest BCUT2D eigenvalue weighted by Gasteiger charge is 2.61. The zero-order valence-corrected chi connectivity index (χ0v) is 19.7. The third-order valence-corrected chi connectivity index (χ3v) is 6.99. The topological polar surface area (TPSA) is 99.4 Å². The Balaban J connectivity index is 1.41. The average Bonchev–Trinajstić information content (AvgIpc) is 3.35. The molecule has 0 spiro atoms. The second-order valence-corrected chi connectivity index (χ2v) is 9.67. The Bertz CT molecular complexity index is 1190. The van der Waals surface area contributed by atoms with Gasteiger partial charge in [0, 0.05) is 11.4 Å². The van der Waals surface area contributed by atoms with Crippen LogP contribution in [-0.2, 0) is 10.2 Å². The number of amides is 1. The number of hydrogen-bond acceptors (Lipinski definition) is 6. The van der Waals surface area contributed by atoms with Crippen molar-refractivity contribution in [3.05, 3.63) is 71.8 Å². The molecule has 34 heavy (non-hydrogen) atoms. The number of aromatic nitrogens is 2. The highest BCUT2D eigenvalue weighted by molar-refractivity contribution is 6.02. The molecule has 0 bridgehead atoms. The predicted molar refractivity (Wildman–Crippen MR) is 131 cm³/mol. The maximum Gasteiger partial charge on any atom is 0.235 e. The lowest BCUT2D eigenvalue weighted by Crippen LogP contribution is -2.30. The first-order chi connectivity index (χ1) is 16.4. The van der Waals surface area contributed by atoms with Gasteiger partial charge < -0.3 is 20.5 Å². The van der Waals surface area contributed by atoms with Crippen molar-refractivity contribution in [1.82, 2.24) is 9.97 Å². The van der Waals surface area contributed by atoms with Crippen LogP contribution in [-0.4, -0.2) is 22.7 Å². The van der Waals surface area contributed by atoms with E-state index in [0.29, 0.717) is 28.8 Å². The normalized spacial score (nSPS) is 21.4. The lowest BCUT2D eigenvalue weighted by atomic mass is 9.88. The van der Waals surface area contributed by atoms with Gasteiger partial charge in [0.25, 0.3) is 0 Å². The first kappa shape index (κ1) is 22.2. The smallest absolute Gasteiger partial charge is 0.235 e. The van der Waals surface area contributed by atoms with Crippen molar-refractivity contribution in [3.63, 3.8) is 0 Å². The molecule has 2 aromatic heterocycles. The lowest BCUT2D eigenvalue weighted by molar-refractivity contribution is -0.119. The number of ether oxygens (including phenoxy) is 2. The predicted octanol–water partition coefficient (Wildman–Crippen LogP) is 5.00. The van der Waals surface area contributed by atoms with Crippen LogP contribution in [0.3, 0.4) is 0 Å². The zero-order valence-electron chi connectivity index (χ0n) is 19.7. The average molecular weight is 459 g/mol. The number of benzene rings is 1. The number of pyridine rings is 2. The minimum absolute atomic E-state index is 0.0204. The third kappa shape index (κ3) is 4.06. The van der Waals surface area contributed by atoms with Crippen LogP contribution in [0.2, 0.25) is 0 Å². The van der Waals surface area contributed by atoms with Gasteiger partial charge >= 0.3 is 0 Å². The Morgan fingerprint density at radius 1 is 1.06 bits per heavy atom. The minimum atomic E-state index is -0.639. The number of carbonyl (C=O) groups excluding carboxylic acids is 1. The molecule has 3 unspecified atom stereocenters. The molecule has 1 aliphatic carbocycles. The third-order valence-electron chi connectivity index (χ3n) is 6.99. The van der Waals surface area contributed by atoms with Gasteiger partial charge in [-0.2, -0.15) is 0 Å². The number of anilines is 2. The van der Waals surface area contributed by atoms with Gasteiger partial charge in [-0.25, -0.2) is 0 Å². The van der Waals surface area contributed by atoms with Crippen molar-refractivity contribution >= 4 is 17.3 Å². The van der Waals surface area contributed by atoms with E-state index in [-0.39, 0.29) is 24.5 Å². The maximum absolute atomic E-state index is 13.7. The summed E-state index contributed by atoms with van der Waals surface area (Å²) in [7, 11) is 0. The molecule has 3 N–H and O–H groups in total. The molecular formula is C27H30N4O3. The second kappa shape index (κ2) is 8.63. The van der Waals surface area contributed by atoms with E-state index in [1.807, 2.05) is 42.5 Å². The van der Waals surface area contributed by atoms with Crippen molar-refractivity contribution in [1.29, 1.82) is 0 Å². The van der Waals surface area contributed by atoms with Crippen LogP contribution in [0.1, 0.15) is 62.4 Å². The largest absolute Gasteiger partial charge is 0.454 e. The van der Waals surface area contributed by atoms with Gasteiger partial charge in [0.2, 0.25) is 12.7 Å². The summed E-state index contributed by atoms with van der Waals surface area (Å²) in [5.74, 6) is 2.08. The Kier molecular flexibility index (Phi) is 5.63. The first-order valence-electron chi connectivity index (χ1n) is 11.8. The molecule has 2 aliphatic rings. The quantitative estimate of drug-likeness (QED) is 0.517. The molecule has 1 aromatic carbocycles. The number of nitrogens with two attached hydrogens (primary N) is 1. The molecule has 3 aromatic rings. The fourth-order valence-electron chi connectivity index (χ4n) is 4.87. The molecule has 0 radical (unpaired) electrons. The number of hydrogen-bond donors (Lipinski definition) is 2. The molecule has 7 nitrogen and oxygen atoms in total. The van der Waals surface area contributed by atoms with Crippen LogP contribution in [0.15, 0.2) is 54.9 Å². The minimum Gasteiger partial charge on any atom is -0.454 e. The summed E-state index contributed by atoms with van der Waals surface area (Å²) in [4.78, 5) is 22.7. The highest BCUT2D eigenvalue weighted by Crippen LogP contribution is 2.59. The van der Waals surface area contributed by atoms with Crippen molar-refractivity contribution < 1.29 is 14.3 Å². The molecule has 176 valence electrons. The van der Waals surface area contributed by atoms with E-state index in [2.05, 4.69) is 36.1 Å². The van der Waals surface area contributed by atoms with Gasteiger partial charge in [0.15, 0.2) is 11.5 Å². The number of nitrogens with zero attached hydrogens (tertiary/aromatic N) is 2. The SMILES string of the molecule is CC(C)c1ccc(NC(=O)C2(c3ccc4c(c3)OCO4)CC2CC(C)c2ccc(N)cn2)cn1. The lowest BCUT2D eigenvalue weighted by Gasteiger charge is -2.20. The monoisotopic (exact) mass is 458 g/mol. The summed E-state index contributed by atoms with van der Waals surface area (Å²) < 4.78 is 11.1. The van der Waals surface area contributed by atoms with Gasteiger partial charge in [-0.3, -0.25) is 14.8 Å². The number of fused-ring (bicyclic) bond motifs is 1. The maximum atomic E-state index is 13.7. The van der Waals surface area contributed by atoms with Crippen molar-refractivity contribution in [2.24, 2.45) is 5.92 Å². The zero-order chi connectivity index (χ0) is 23.9. The number of rotatable bonds is 7. The standard InChI is InChI=1S/C27H30N4O3/c1-16(2)22-8-6-21(14-30-22)31-26(32)27(18-4-9-24-25(11-18)34-15-33-24)12-19(27)10-17(3)23-7-5-20(28)13-29-23/h4-9,11,13-14,16-17,19H,10,12,15,28H2,1-3H3,(H,31,32). The van der Waals surface area contributed by atoms with Crippen molar-refractivity contribution in [3.8, 4) is 11.5 Å².